The first-order valence-electron chi connectivity index (χ1n) is 8.22. The molecule has 1 unspecified atom stereocenters. The summed E-state index contributed by atoms with van der Waals surface area (Å²) < 4.78 is 60.6. The van der Waals surface area contributed by atoms with Crippen LogP contribution in [-0.4, -0.2) is 24.9 Å². The summed E-state index contributed by atoms with van der Waals surface area (Å²) in [6.07, 6.45) is -4.62. The molecule has 0 saturated carbocycles. The molecule has 0 bridgehead atoms. The van der Waals surface area contributed by atoms with Crippen molar-refractivity contribution >= 4 is 31.0 Å². The molecule has 0 amide bonds. The van der Waals surface area contributed by atoms with E-state index < -0.39 is 24.7 Å². The molecule has 7 nitrogen and oxygen atoms in total. The number of rotatable bonds is 8. The van der Waals surface area contributed by atoms with Gasteiger partial charge < -0.3 is 14.2 Å². The van der Waals surface area contributed by atoms with Gasteiger partial charge in [-0.1, -0.05) is 11.6 Å². The van der Waals surface area contributed by atoms with Gasteiger partial charge in [0, 0.05) is 19.2 Å². The highest BCUT2D eigenvalue weighted by atomic mass is 35.5. The molecule has 0 aliphatic rings. The molecule has 0 heterocycles. The first kappa shape index (κ1) is 23.0. The predicted octanol–water partition coefficient (Wildman–Crippen LogP) is 5.96. The SMILES string of the molecule is CCO[PH](=O)CN(C)c1cc(Oc2ccc(C(F)(F)F)cc2Cl)ccc1[N+](=O)[O-]. The van der Waals surface area contributed by atoms with E-state index in [2.05, 4.69) is 0 Å². The van der Waals surface area contributed by atoms with Crippen molar-refractivity contribution in [2.75, 3.05) is 24.8 Å². The number of halogens is 4. The van der Waals surface area contributed by atoms with E-state index in [9.17, 15) is 27.9 Å². The molecule has 0 aliphatic heterocycles. The highest BCUT2D eigenvalue weighted by Gasteiger charge is 2.31. The molecule has 2 aromatic rings. The summed E-state index contributed by atoms with van der Waals surface area (Å²) >= 11 is 5.88. The molecule has 0 spiro atoms. The van der Waals surface area contributed by atoms with Crippen LogP contribution >= 0.6 is 19.6 Å². The Hall–Kier alpha value is -2.29. The van der Waals surface area contributed by atoms with E-state index in [1.807, 2.05) is 0 Å². The van der Waals surface area contributed by atoms with Crippen LogP contribution in [0.5, 0.6) is 11.5 Å². The van der Waals surface area contributed by atoms with Crippen LogP contribution in [0.2, 0.25) is 5.02 Å². The van der Waals surface area contributed by atoms with Crippen molar-refractivity contribution in [1.82, 2.24) is 0 Å². The van der Waals surface area contributed by atoms with Crippen molar-refractivity contribution in [2.45, 2.75) is 13.1 Å². The van der Waals surface area contributed by atoms with Gasteiger partial charge in [0.05, 0.1) is 28.4 Å². The average molecular weight is 453 g/mol. The second-order valence-electron chi connectivity index (χ2n) is 5.81. The normalized spacial score (nSPS) is 12.5. The summed E-state index contributed by atoms with van der Waals surface area (Å²) in [7, 11) is -0.941. The van der Waals surface area contributed by atoms with Gasteiger partial charge in [0.25, 0.3) is 5.69 Å². The van der Waals surface area contributed by atoms with Crippen molar-refractivity contribution in [3.8, 4) is 11.5 Å². The number of nitro groups is 1. The van der Waals surface area contributed by atoms with Crippen LogP contribution in [0.3, 0.4) is 0 Å². The fourth-order valence-electron chi connectivity index (χ4n) is 2.40. The zero-order chi connectivity index (χ0) is 21.8. The zero-order valence-electron chi connectivity index (χ0n) is 15.3. The Bertz CT molecular complexity index is 926. The second kappa shape index (κ2) is 9.47. The third-order valence-electron chi connectivity index (χ3n) is 3.71. The number of nitrogens with zero attached hydrogens (tertiary/aromatic N) is 2. The summed E-state index contributed by atoms with van der Waals surface area (Å²) in [5.41, 5.74) is -1.08. The molecule has 0 saturated heterocycles. The summed E-state index contributed by atoms with van der Waals surface area (Å²) in [5.74, 6) is 0.0557. The maximum absolute atomic E-state index is 12.7. The van der Waals surface area contributed by atoms with E-state index in [-0.39, 0.29) is 40.8 Å². The topological polar surface area (TPSA) is 81.9 Å². The first-order chi connectivity index (χ1) is 13.5. The maximum atomic E-state index is 12.7. The average Bonchev–Trinajstić information content (AvgIpc) is 2.62. The minimum atomic E-state index is -4.55. The van der Waals surface area contributed by atoms with Gasteiger partial charge in [-0.15, -0.1) is 0 Å². The first-order valence-corrected chi connectivity index (χ1v) is 10.1. The van der Waals surface area contributed by atoms with Crippen LogP contribution in [0.1, 0.15) is 12.5 Å². The van der Waals surface area contributed by atoms with Gasteiger partial charge in [-0.05, 0) is 31.2 Å². The molecule has 29 heavy (non-hydrogen) atoms. The van der Waals surface area contributed by atoms with Gasteiger partial charge in [-0.2, -0.15) is 13.2 Å². The zero-order valence-corrected chi connectivity index (χ0v) is 17.1. The van der Waals surface area contributed by atoms with Gasteiger partial charge in [0.1, 0.15) is 17.2 Å². The molecule has 0 aliphatic carbocycles. The fraction of sp³-hybridized carbons (Fsp3) is 0.294. The largest absolute Gasteiger partial charge is 0.456 e. The number of alkyl halides is 3. The van der Waals surface area contributed by atoms with Gasteiger partial charge in [-0.3, -0.25) is 14.7 Å². The van der Waals surface area contributed by atoms with Crippen molar-refractivity contribution in [1.29, 1.82) is 0 Å². The van der Waals surface area contributed by atoms with Crippen LogP contribution in [0, 0.1) is 10.1 Å². The lowest BCUT2D eigenvalue weighted by Gasteiger charge is -2.19. The quantitative estimate of drug-likeness (QED) is 0.279. The lowest BCUT2D eigenvalue weighted by atomic mass is 10.2. The molecule has 1 atom stereocenters. The van der Waals surface area contributed by atoms with Gasteiger partial charge in [0.2, 0.25) is 8.03 Å². The fourth-order valence-corrected chi connectivity index (χ4v) is 3.59. The van der Waals surface area contributed by atoms with Crippen molar-refractivity contribution in [2.24, 2.45) is 0 Å². The van der Waals surface area contributed by atoms with Crippen molar-refractivity contribution in [3.05, 3.63) is 57.1 Å². The Morgan fingerprint density at radius 1 is 1.24 bits per heavy atom. The molecule has 0 radical (unpaired) electrons. The van der Waals surface area contributed by atoms with Crippen LogP contribution < -0.4 is 9.64 Å². The number of ether oxygens (including phenoxy) is 1. The standard InChI is InChI=1S/C17H17ClF3N2O5P/c1-3-27-29(26)10-22(2)15-9-12(5-6-14(15)23(24)25)28-16-7-4-11(8-13(16)18)17(19,20)21/h4-9,29H,3,10H2,1-2H3. The third-order valence-corrected chi connectivity index (χ3v) is 5.35. The van der Waals surface area contributed by atoms with E-state index in [1.54, 1.807) is 6.92 Å². The molecule has 0 fully saturated rings. The van der Waals surface area contributed by atoms with Gasteiger partial charge in [0.15, 0.2) is 0 Å². The van der Waals surface area contributed by atoms with Gasteiger partial charge >= 0.3 is 6.18 Å². The Kier molecular flexibility index (Phi) is 7.51. The van der Waals surface area contributed by atoms with Crippen LogP contribution in [0.15, 0.2) is 36.4 Å². The molecule has 2 rings (SSSR count). The van der Waals surface area contributed by atoms with Crippen molar-refractivity contribution in [3.63, 3.8) is 0 Å². The van der Waals surface area contributed by atoms with E-state index in [4.69, 9.17) is 20.9 Å². The Labute approximate surface area is 170 Å². The number of anilines is 1. The van der Waals surface area contributed by atoms with Crippen LogP contribution in [0.25, 0.3) is 0 Å². The molecule has 0 N–H and O–H groups in total. The van der Waals surface area contributed by atoms with E-state index >= 15 is 0 Å². The lowest BCUT2D eigenvalue weighted by Crippen LogP contribution is -2.18. The molecule has 0 aromatic heterocycles. The summed E-state index contributed by atoms with van der Waals surface area (Å²) in [6.45, 7) is 1.91. The van der Waals surface area contributed by atoms with Crippen LogP contribution in [-0.2, 0) is 15.3 Å². The number of hydrogen-bond acceptors (Lipinski definition) is 6. The maximum Gasteiger partial charge on any atom is 0.416 e. The number of benzene rings is 2. The lowest BCUT2D eigenvalue weighted by molar-refractivity contribution is -0.384. The van der Waals surface area contributed by atoms with Gasteiger partial charge in [-0.25, -0.2) is 0 Å². The third kappa shape index (κ3) is 6.09. The van der Waals surface area contributed by atoms with Crippen molar-refractivity contribution < 1.29 is 31.9 Å². The molecular formula is C17H17ClF3N2O5P. The van der Waals surface area contributed by atoms with E-state index in [0.29, 0.717) is 0 Å². The van der Waals surface area contributed by atoms with E-state index in [1.165, 1.54) is 30.1 Å². The predicted molar refractivity (Wildman–Crippen MR) is 104 cm³/mol. The monoisotopic (exact) mass is 452 g/mol. The summed E-state index contributed by atoms with van der Waals surface area (Å²) in [5, 5.41) is 11.0. The minimum absolute atomic E-state index is 0.0509. The summed E-state index contributed by atoms with van der Waals surface area (Å²) in [6, 6.07) is 6.38. The number of nitro benzene ring substituents is 1. The smallest absolute Gasteiger partial charge is 0.416 e. The van der Waals surface area contributed by atoms with Crippen LogP contribution in [0.4, 0.5) is 24.5 Å². The molecular weight excluding hydrogens is 436 g/mol. The Morgan fingerprint density at radius 3 is 2.48 bits per heavy atom. The van der Waals surface area contributed by atoms with E-state index in [0.717, 1.165) is 18.2 Å². The second-order valence-corrected chi connectivity index (χ2v) is 7.57. The molecule has 12 heteroatoms. The Morgan fingerprint density at radius 2 is 1.93 bits per heavy atom. The molecule has 2 aromatic carbocycles. The summed E-state index contributed by atoms with van der Waals surface area (Å²) in [4.78, 5) is 12.1. The Balaban J connectivity index is 2.33. The highest BCUT2D eigenvalue weighted by Crippen LogP contribution is 2.39. The number of hydrogen-bond donors (Lipinski definition) is 0. The minimum Gasteiger partial charge on any atom is -0.456 e. The highest BCUT2D eigenvalue weighted by molar-refractivity contribution is 7.39. The molecule has 158 valence electrons.